The van der Waals surface area contributed by atoms with E-state index in [1.54, 1.807) is 12.1 Å². The number of benzene rings is 2. The van der Waals surface area contributed by atoms with Crippen molar-refractivity contribution in [2.45, 2.75) is 12.5 Å². The molecule has 2 aromatic carbocycles. The Morgan fingerprint density at radius 2 is 1.65 bits per heavy atom. The van der Waals surface area contributed by atoms with Gasteiger partial charge in [0.2, 0.25) is 0 Å². The predicted molar refractivity (Wildman–Crippen MR) is 81.5 cm³/mol. The summed E-state index contributed by atoms with van der Waals surface area (Å²) in [7, 11) is 0. The van der Waals surface area contributed by atoms with Crippen LogP contribution in [0.15, 0.2) is 54.6 Å². The minimum atomic E-state index is -0.229. The van der Waals surface area contributed by atoms with Gasteiger partial charge in [0.25, 0.3) is 0 Å². The molecular formula is C16H19ClFNO. The van der Waals surface area contributed by atoms with Gasteiger partial charge >= 0.3 is 0 Å². The van der Waals surface area contributed by atoms with Crippen molar-refractivity contribution in [2.75, 3.05) is 13.2 Å². The molecule has 1 unspecified atom stereocenters. The molecule has 0 saturated heterocycles. The summed E-state index contributed by atoms with van der Waals surface area (Å²) >= 11 is 0. The zero-order valence-corrected chi connectivity index (χ0v) is 12.0. The van der Waals surface area contributed by atoms with Crippen molar-refractivity contribution in [1.82, 2.24) is 0 Å². The highest BCUT2D eigenvalue weighted by molar-refractivity contribution is 5.85. The first-order valence-corrected chi connectivity index (χ1v) is 6.37. The van der Waals surface area contributed by atoms with Gasteiger partial charge in [0, 0.05) is 12.5 Å². The van der Waals surface area contributed by atoms with Gasteiger partial charge in [0.15, 0.2) is 0 Å². The van der Waals surface area contributed by atoms with Crippen LogP contribution in [0.5, 0.6) is 0 Å². The zero-order valence-electron chi connectivity index (χ0n) is 11.2. The van der Waals surface area contributed by atoms with Gasteiger partial charge in [-0.2, -0.15) is 0 Å². The maximum Gasteiger partial charge on any atom is 0.123 e. The highest BCUT2D eigenvalue weighted by Crippen LogP contribution is 2.15. The first-order chi connectivity index (χ1) is 9.29. The second-order valence-electron chi connectivity index (χ2n) is 4.48. The van der Waals surface area contributed by atoms with E-state index in [9.17, 15) is 4.39 Å². The van der Waals surface area contributed by atoms with E-state index in [1.807, 2.05) is 18.2 Å². The number of rotatable bonds is 6. The summed E-state index contributed by atoms with van der Waals surface area (Å²) in [6.45, 7) is 1.59. The van der Waals surface area contributed by atoms with Crippen molar-refractivity contribution in [3.8, 4) is 0 Å². The van der Waals surface area contributed by atoms with Crippen LogP contribution in [0, 0.1) is 5.82 Å². The van der Waals surface area contributed by atoms with Gasteiger partial charge in [-0.25, -0.2) is 4.39 Å². The molecule has 0 aromatic heterocycles. The molecule has 0 amide bonds. The minimum absolute atomic E-state index is 0. The van der Waals surface area contributed by atoms with Gasteiger partial charge in [-0.3, -0.25) is 0 Å². The van der Waals surface area contributed by atoms with Gasteiger partial charge in [0.1, 0.15) is 5.82 Å². The van der Waals surface area contributed by atoms with Crippen LogP contribution in [-0.4, -0.2) is 13.2 Å². The molecule has 0 heterocycles. The van der Waals surface area contributed by atoms with Crippen molar-refractivity contribution in [3.05, 3.63) is 71.5 Å². The molecule has 0 saturated carbocycles. The monoisotopic (exact) mass is 295 g/mol. The van der Waals surface area contributed by atoms with Crippen molar-refractivity contribution in [2.24, 2.45) is 5.73 Å². The molecule has 0 aliphatic rings. The second kappa shape index (κ2) is 8.69. The summed E-state index contributed by atoms with van der Waals surface area (Å²) in [5.74, 6) is -0.0329. The van der Waals surface area contributed by atoms with E-state index in [4.69, 9.17) is 10.5 Å². The van der Waals surface area contributed by atoms with E-state index in [-0.39, 0.29) is 24.1 Å². The fourth-order valence-corrected chi connectivity index (χ4v) is 1.93. The maximum atomic E-state index is 12.8. The molecule has 0 aliphatic carbocycles. The first kappa shape index (κ1) is 16.6. The lowest BCUT2D eigenvalue weighted by molar-refractivity contribution is 0.108. The van der Waals surface area contributed by atoms with E-state index < -0.39 is 0 Å². The van der Waals surface area contributed by atoms with Crippen LogP contribution in [0.3, 0.4) is 0 Å². The molecule has 0 fully saturated rings. The molecule has 2 nitrogen and oxygen atoms in total. The highest BCUT2D eigenvalue weighted by Gasteiger charge is 2.09. The molecule has 0 spiro atoms. The van der Waals surface area contributed by atoms with Gasteiger partial charge in [-0.05, 0) is 23.3 Å². The van der Waals surface area contributed by atoms with E-state index in [2.05, 4.69) is 12.1 Å². The Hall–Kier alpha value is -1.42. The van der Waals surface area contributed by atoms with Crippen LogP contribution >= 0.6 is 12.4 Å². The van der Waals surface area contributed by atoms with E-state index >= 15 is 0 Å². The number of ether oxygens (including phenoxy) is 1. The lowest BCUT2D eigenvalue weighted by Gasteiger charge is -2.15. The SMILES string of the molecule is Cl.NCC(COCc1ccc(F)cc1)c1ccccc1. The van der Waals surface area contributed by atoms with E-state index in [0.29, 0.717) is 19.8 Å². The van der Waals surface area contributed by atoms with Crippen LogP contribution in [-0.2, 0) is 11.3 Å². The average Bonchev–Trinajstić information content (AvgIpc) is 2.46. The lowest BCUT2D eigenvalue weighted by atomic mass is 10.0. The van der Waals surface area contributed by atoms with E-state index in [1.165, 1.54) is 17.7 Å². The third-order valence-electron chi connectivity index (χ3n) is 3.06. The molecule has 2 N–H and O–H groups in total. The van der Waals surface area contributed by atoms with Crippen molar-refractivity contribution in [3.63, 3.8) is 0 Å². The summed E-state index contributed by atoms with van der Waals surface area (Å²) < 4.78 is 18.4. The maximum absolute atomic E-state index is 12.8. The highest BCUT2D eigenvalue weighted by atomic mass is 35.5. The molecule has 0 bridgehead atoms. The summed E-state index contributed by atoms with van der Waals surface area (Å²) in [5, 5.41) is 0. The molecule has 1 atom stereocenters. The number of nitrogens with two attached hydrogens (primary N) is 1. The van der Waals surface area contributed by atoms with Crippen LogP contribution in [0.4, 0.5) is 4.39 Å². The molecule has 2 aromatic rings. The Kier molecular flexibility index (Phi) is 7.23. The van der Waals surface area contributed by atoms with Crippen molar-refractivity contribution >= 4 is 12.4 Å². The number of halogens is 2. The standard InChI is InChI=1S/C16H18FNO.ClH/c17-16-8-6-13(7-9-16)11-19-12-15(10-18)14-4-2-1-3-5-14;/h1-9,15H,10-12,18H2;1H. The Morgan fingerprint density at radius 3 is 2.25 bits per heavy atom. The fraction of sp³-hybridized carbons (Fsp3) is 0.250. The summed E-state index contributed by atoms with van der Waals surface area (Å²) in [6.07, 6.45) is 0. The van der Waals surface area contributed by atoms with Gasteiger partial charge < -0.3 is 10.5 Å². The third kappa shape index (κ3) is 4.93. The Balaban J connectivity index is 0.00000200. The van der Waals surface area contributed by atoms with Gasteiger partial charge in [-0.1, -0.05) is 42.5 Å². The van der Waals surface area contributed by atoms with Crippen LogP contribution in [0.2, 0.25) is 0 Å². The largest absolute Gasteiger partial charge is 0.376 e. The van der Waals surface area contributed by atoms with Crippen LogP contribution in [0.25, 0.3) is 0 Å². The summed E-state index contributed by atoms with van der Waals surface area (Å²) in [4.78, 5) is 0. The topological polar surface area (TPSA) is 35.2 Å². The Labute approximate surface area is 125 Å². The Morgan fingerprint density at radius 1 is 1.00 bits per heavy atom. The van der Waals surface area contributed by atoms with Crippen molar-refractivity contribution < 1.29 is 9.13 Å². The first-order valence-electron chi connectivity index (χ1n) is 6.37. The third-order valence-corrected chi connectivity index (χ3v) is 3.06. The normalized spacial score (nSPS) is 11.7. The second-order valence-corrected chi connectivity index (χ2v) is 4.48. The lowest BCUT2D eigenvalue weighted by Crippen LogP contribution is -2.18. The molecule has 0 radical (unpaired) electrons. The van der Waals surface area contributed by atoms with Crippen LogP contribution < -0.4 is 5.73 Å². The number of hydrogen-bond donors (Lipinski definition) is 1. The summed E-state index contributed by atoms with van der Waals surface area (Å²) in [6, 6.07) is 16.4. The Bertz CT molecular complexity index is 490. The molecule has 20 heavy (non-hydrogen) atoms. The molecule has 0 aliphatic heterocycles. The molecular weight excluding hydrogens is 277 g/mol. The van der Waals surface area contributed by atoms with E-state index in [0.717, 1.165) is 5.56 Å². The van der Waals surface area contributed by atoms with Gasteiger partial charge in [-0.15, -0.1) is 12.4 Å². The fourth-order valence-electron chi connectivity index (χ4n) is 1.93. The molecule has 4 heteroatoms. The minimum Gasteiger partial charge on any atom is -0.376 e. The quantitative estimate of drug-likeness (QED) is 0.885. The molecule has 108 valence electrons. The summed E-state index contributed by atoms with van der Waals surface area (Å²) in [5.41, 5.74) is 7.92. The van der Waals surface area contributed by atoms with Gasteiger partial charge in [0.05, 0.1) is 13.2 Å². The smallest absolute Gasteiger partial charge is 0.123 e. The van der Waals surface area contributed by atoms with Crippen molar-refractivity contribution in [1.29, 1.82) is 0 Å². The molecule has 2 rings (SSSR count). The predicted octanol–water partition coefficient (Wildman–Crippen LogP) is 3.51. The zero-order chi connectivity index (χ0) is 13.5. The average molecular weight is 296 g/mol. The number of hydrogen-bond acceptors (Lipinski definition) is 2. The van der Waals surface area contributed by atoms with Crippen LogP contribution in [0.1, 0.15) is 17.0 Å².